The van der Waals surface area contributed by atoms with Crippen LogP contribution in [0.1, 0.15) is 26.2 Å². The summed E-state index contributed by atoms with van der Waals surface area (Å²) in [5, 5.41) is 10.8. The van der Waals surface area contributed by atoms with E-state index in [4.69, 9.17) is 0 Å². The molecule has 3 rings (SSSR count). The molecule has 2 bridgehead atoms. The fourth-order valence-corrected chi connectivity index (χ4v) is 3.92. The van der Waals surface area contributed by atoms with Crippen LogP contribution in [0.4, 0.5) is 0 Å². The van der Waals surface area contributed by atoms with Crippen LogP contribution in [0.2, 0.25) is 0 Å². The molecule has 0 aromatic rings. The normalized spacial score (nSPS) is 40.9. The van der Waals surface area contributed by atoms with Crippen molar-refractivity contribution >= 4 is 17.8 Å². The number of carboxylic acid groups (broad SMARTS) is 1. The van der Waals surface area contributed by atoms with Crippen molar-refractivity contribution in [1.29, 1.82) is 0 Å². The number of nitrogens with zero attached hydrogens (tertiary/aromatic N) is 1. The Kier molecular flexibility index (Phi) is 2.09. The van der Waals surface area contributed by atoms with E-state index in [1.807, 2.05) is 0 Å². The van der Waals surface area contributed by atoms with E-state index >= 15 is 0 Å². The lowest BCUT2D eigenvalue weighted by atomic mass is 9.81. The van der Waals surface area contributed by atoms with Gasteiger partial charge in [-0.1, -0.05) is 0 Å². The summed E-state index contributed by atoms with van der Waals surface area (Å²) in [4.78, 5) is 36.0. The first-order valence-electron chi connectivity index (χ1n) is 6.10. The third kappa shape index (κ3) is 1.22. The van der Waals surface area contributed by atoms with Gasteiger partial charge in [-0.15, -0.1) is 0 Å². The number of carbonyl (C=O) groups is 3. The second-order valence-corrected chi connectivity index (χ2v) is 5.43. The first kappa shape index (κ1) is 10.7. The van der Waals surface area contributed by atoms with Crippen LogP contribution < -0.4 is 5.11 Å². The van der Waals surface area contributed by atoms with E-state index in [1.165, 1.54) is 6.92 Å². The minimum absolute atomic E-state index is 0.247. The van der Waals surface area contributed by atoms with Crippen LogP contribution in [-0.2, 0) is 14.4 Å². The van der Waals surface area contributed by atoms with Crippen molar-refractivity contribution in [3.8, 4) is 0 Å². The molecule has 5 atom stereocenters. The van der Waals surface area contributed by atoms with Crippen LogP contribution in [0.3, 0.4) is 0 Å². The van der Waals surface area contributed by atoms with Gasteiger partial charge in [0.05, 0.1) is 23.8 Å². The number of carboxylic acids is 1. The third-order valence-corrected chi connectivity index (χ3v) is 4.69. The summed E-state index contributed by atoms with van der Waals surface area (Å²) < 4.78 is 0. The Balaban J connectivity index is 1.93. The summed E-state index contributed by atoms with van der Waals surface area (Å²) in [6.45, 7) is 1.34. The van der Waals surface area contributed by atoms with E-state index < -0.39 is 12.0 Å². The number of hydrogen-bond donors (Lipinski definition) is 0. The van der Waals surface area contributed by atoms with Gasteiger partial charge in [-0.2, -0.15) is 0 Å². The predicted octanol–water partition coefficient (Wildman–Crippen LogP) is -0.844. The van der Waals surface area contributed by atoms with Crippen LogP contribution >= 0.6 is 0 Å². The van der Waals surface area contributed by atoms with Gasteiger partial charge in [-0.25, -0.2) is 0 Å². The summed E-state index contributed by atoms with van der Waals surface area (Å²) in [5.41, 5.74) is 0. The van der Waals surface area contributed by atoms with Crippen molar-refractivity contribution < 1.29 is 19.5 Å². The number of likely N-dealkylation sites (tertiary alicyclic amines) is 1. The van der Waals surface area contributed by atoms with Gasteiger partial charge in [-0.3, -0.25) is 14.5 Å². The van der Waals surface area contributed by atoms with Gasteiger partial charge in [0.1, 0.15) is 0 Å². The van der Waals surface area contributed by atoms with Gasteiger partial charge in [-0.05, 0) is 38.0 Å². The molecule has 5 heteroatoms. The highest BCUT2D eigenvalue weighted by molar-refractivity contribution is 6.08. The minimum atomic E-state index is -1.36. The fourth-order valence-electron chi connectivity index (χ4n) is 3.92. The molecule has 0 N–H and O–H groups in total. The zero-order valence-corrected chi connectivity index (χ0v) is 9.59. The molecule has 2 aliphatic carbocycles. The highest BCUT2D eigenvalue weighted by Crippen LogP contribution is 2.56. The number of fused-ring (bicyclic) bond motifs is 5. The van der Waals surface area contributed by atoms with E-state index in [2.05, 4.69) is 0 Å². The van der Waals surface area contributed by atoms with Gasteiger partial charge < -0.3 is 9.90 Å². The predicted molar refractivity (Wildman–Crippen MR) is 54.1 cm³/mol. The molecule has 3 fully saturated rings. The Morgan fingerprint density at radius 3 is 2.12 bits per heavy atom. The second-order valence-electron chi connectivity index (χ2n) is 5.43. The molecule has 2 amide bonds. The maximum Gasteiger partial charge on any atom is 0.233 e. The summed E-state index contributed by atoms with van der Waals surface area (Å²) in [7, 11) is 0. The smallest absolute Gasteiger partial charge is 0.233 e. The van der Waals surface area contributed by atoms with E-state index in [0.29, 0.717) is 11.8 Å². The molecule has 3 aliphatic rings. The van der Waals surface area contributed by atoms with Crippen LogP contribution in [0.5, 0.6) is 0 Å². The SMILES string of the molecule is C[C@@H](C(=O)[O-])N1C(=O)[C@H]2[C@@H]3CC[C@@H](C3)[C@@H]2C1=O. The Morgan fingerprint density at radius 1 is 1.24 bits per heavy atom. The first-order chi connectivity index (χ1) is 8.02. The monoisotopic (exact) mass is 236 g/mol. The molecule has 1 aliphatic heterocycles. The lowest BCUT2D eigenvalue weighted by Gasteiger charge is -2.24. The van der Waals surface area contributed by atoms with Crippen LogP contribution in [0.25, 0.3) is 0 Å². The van der Waals surface area contributed by atoms with Crippen molar-refractivity contribution in [1.82, 2.24) is 4.90 Å². The topological polar surface area (TPSA) is 77.5 Å². The summed E-state index contributed by atoms with van der Waals surface area (Å²) >= 11 is 0. The zero-order valence-electron chi connectivity index (χ0n) is 9.59. The van der Waals surface area contributed by atoms with Gasteiger partial charge in [0.2, 0.25) is 11.8 Å². The van der Waals surface area contributed by atoms with E-state index in [9.17, 15) is 19.5 Å². The second kappa shape index (κ2) is 3.31. The summed E-state index contributed by atoms with van der Waals surface area (Å²) in [5.74, 6) is -1.85. The van der Waals surface area contributed by atoms with E-state index in [1.54, 1.807) is 0 Å². The van der Waals surface area contributed by atoms with Crippen LogP contribution in [0.15, 0.2) is 0 Å². The molecule has 92 valence electrons. The molecule has 0 unspecified atom stereocenters. The number of carbonyl (C=O) groups excluding carboxylic acids is 3. The van der Waals surface area contributed by atoms with Crippen molar-refractivity contribution in [2.45, 2.75) is 32.2 Å². The van der Waals surface area contributed by atoms with Crippen LogP contribution in [-0.4, -0.2) is 28.7 Å². The molecule has 0 aromatic carbocycles. The van der Waals surface area contributed by atoms with Gasteiger partial charge >= 0.3 is 0 Å². The van der Waals surface area contributed by atoms with Crippen molar-refractivity contribution in [2.75, 3.05) is 0 Å². The number of imide groups is 1. The van der Waals surface area contributed by atoms with Crippen molar-refractivity contribution in [3.63, 3.8) is 0 Å². The van der Waals surface area contributed by atoms with Crippen molar-refractivity contribution in [2.24, 2.45) is 23.7 Å². The molecule has 17 heavy (non-hydrogen) atoms. The Hall–Kier alpha value is -1.39. The molecule has 1 saturated heterocycles. The molecule has 2 saturated carbocycles. The average Bonchev–Trinajstić information content (AvgIpc) is 2.92. The van der Waals surface area contributed by atoms with Gasteiger partial charge in [0, 0.05) is 0 Å². The van der Waals surface area contributed by atoms with Crippen molar-refractivity contribution in [3.05, 3.63) is 0 Å². The Labute approximate surface area is 98.8 Å². The van der Waals surface area contributed by atoms with Gasteiger partial charge in [0.25, 0.3) is 0 Å². The molecular weight excluding hydrogens is 222 g/mol. The number of rotatable bonds is 2. The number of hydrogen-bond acceptors (Lipinski definition) is 4. The average molecular weight is 236 g/mol. The third-order valence-electron chi connectivity index (χ3n) is 4.69. The molecule has 0 spiro atoms. The molecule has 5 nitrogen and oxygen atoms in total. The quantitative estimate of drug-likeness (QED) is 0.585. The molecular formula is C12H14NO4-. The number of aliphatic carboxylic acids is 1. The Bertz CT molecular complexity index is 391. The van der Waals surface area contributed by atoms with Gasteiger partial charge in [0.15, 0.2) is 0 Å². The maximum atomic E-state index is 12.1. The summed E-state index contributed by atoms with van der Waals surface area (Å²) in [6.07, 6.45) is 2.96. The molecule has 0 radical (unpaired) electrons. The molecule has 1 heterocycles. The lowest BCUT2D eigenvalue weighted by Crippen LogP contribution is -2.49. The Morgan fingerprint density at radius 2 is 1.71 bits per heavy atom. The largest absolute Gasteiger partial charge is 0.548 e. The highest BCUT2D eigenvalue weighted by Gasteiger charge is 2.61. The highest BCUT2D eigenvalue weighted by atomic mass is 16.4. The number of amides is 2. The minimum Gasteiger partial charge on any atom is -0.548 e. The first-order valence-corrected chi connectivity index (χ1v) is 6.10. The molecule has 0 aromatic heterocycles. The fraction of sp³-hybridized carbons (Fsp3) is 0.750. The van der Waals surface area contributed by atoms with E-state index in [-0.39, 0.29) is 23.7 Å². The lowest BCUT2D eigenvalue weighted by molar-refractivity contribution is -0.310. The maximum absolute atomic E-state index is 12.1. The summed E-state index contributed by atoms with van der Waals surface area (Å²) in [6, 6.07) is -1.14. The zero-order chi connectivity index (χ0) is 12.3. The standard InChI is InChI=1S/C12H15NO4/c1-5(12(16)17)13-10(14)8-6-2-3-7(4-6)9(8)11(13)15/h5-9H,2-4H2,1H3,(H,16,17)/p-1/t5-,6-,7+,8-,9-/m0/s1. The van der Waals surface area contributed by atoms with Crippen LogP contribution in [0, 0.1) is 23.7 Å². The van der Waals surface area contributed by atoms with E-state index in [0.717, 1.165) is 24.2 Å².